The van der Waals surface area contributed by atoms with Crippen molar-refractivity contribution in [1.82, 2.24) is 0 Å². The second-order valence-corrected chi connectivity index (χ2v) is 4.89. The Morgan fingerprint density at radius 1 is 1.40 bits per heavy atom. The summed E-state index contributed by atoms with van der Waals surface area (Å²) >= 11 is 0. The third-order valence-corrected chi connectivity index (χ3v) is 2.86. The number of phenols is 1. The Balaban J connectivity index is 0.00000112. The molecule has 3 heteroatoms. The van der Waals surface area contributed by atoms with Gasteiger partial charge in [-0.05, 0) is 49.9 Å². The number of phenolic OH excluding ortho intramolecular Hbond substituents is 1. The molecule has 1 aliphatic rings. The van der Waals surface area contributed by atoms with Crippen LogP contribution in [0.3, 0.4) is 0 Å². The van der Waals surface area contributed by atoms with E-state index in [2.05, 4.69) is 26.1 Å². The van der Waals surface area contributed by atoms with Crippen LogP contribution in [-0.2, 0) is 0 Å². The van der Waals surface area contributed by atoms with Crippen molar-refractivity contribution in [3.8, 4) is 5.75 Å². The number of benzene rings is 1. The molecule has 0 spiro atoms. The molecule has 1 unspecified atom stereocenters. The van der Waals surface area contributed by atoms with Crippen LogP contribution in [0.15, 0.2) is 18.2 Å². The van der Waals surface area contributed by atoms with Crippen molar-refractivity contribution < 1.29 is 5.11 Å². The second kappa shape index (κ2) is 4.05. The lowest BCUT2D eigenvalue weighted by atomic mass is 9.82. The zero-order valence-corrected chi connectivity index (χ0v) is 11.1. The highest BCUT2D eigenvalue weighted by Crippen LogP contribution is 2.39. The Hall–Kier alpha value is -0.700. The van der Waals surface area contributed by atoms with Gasteiger partial charge in [-0.15, -0.1) is 17.0 Å². The molecule has 0 saturated carbocycles. The van der Waals surface area contributed by atoms with E-state index in [0.717, 1.165) is 12.1 Å². The lowest BCUT2D eigenvalue weighted by molar-refractivity contribution is 0.446. The predicted molar refractivity (Wildman–Crippen MR) is 69.2 cm³/mol. The summed E-state index contributed by atoms with van der Waals surface area (Å²) in [6, 6.07) is 5.56. The van der Waals surface area contributed by atoms with Gasteiger partial charge in [0.1, 0.15) is 5.75 Å². The second-order valence-electron chi connectivity index (χ2n) is 4.89. The van der Waals surface area contributed by atoms with Crippen LogP contribution in [0.2, 0.25) is 0 Å². The molecule has 0 aliphatic carbocycles. The summed E-state index contributed by atoms with van der Waals surface area (Å²) < 4.78 is 0. The van der Waals surface area contributed by atoms with Crippen LogP contribution in [0.5, 0.6) is 5.75 Å². The first-order chi connectivity index (χ1) is 6.48. The van der Waals surface area contributed by atoms with Gasteiger partial charge in [-0.2, -0.15) is 0 Å². The third-order valence-electron chi connectivity index (χ3n) is 2.86. The number of anilines is 1. The van der Waals surface area contributed by atoms with Crippen molar-refractivity contribution in [2.75, 3.05) is 5.32 Å². The van der Waals surface area contributed by atoms with Crippen LogP contribution in [-0.4, -0.2) is 10.6 Å². The van der Waals surface area contributed by atoms with Gasteiger partial charge in [0.25, 0.3) is 0 Å². The zero-order valence-electron chi connectivity index (χ0n) is 9.37. The summed E-state index contributed by atoms with van der Waals surface area (Å²) in [7, 11) is 0. The molecule has 0 bridgehead atoms. The predicted octanol–water partition coefficient (Wildman–Crippen LogP) is 3.67. The Kier molecular flexibility index (Phi) is 3.34. The maximum atomic E-state index is 9.41. The molecule has 0 radical (unpaired) electrons. The van der Waals surface area contributed by atoms with E-state index in [0.29, 0.717) is 11.7 Å². The molecule has 0 amide bonds. The number of rotatable bonds is 0. The highest BCUT2D eigenvalue weighted by atomic mass is 79.9. The summed E-state index contributed by atoms with van der Waals surface area (Å²) in [5.74, 6) is 0.866. The topological polar surface area (TPSA) is 32.3 Å². The van der Waals surface area contributed by atoms with Gasteiger partial charge in [0.05, 0.1) is 0 Å². The molecule has 1 aromatic carbocycles. The summed E-state index contributed by atoms with van der Waals surface area (Å²) in [5.41, 5.74) is 2.54. The van der Waals surface area contributed by atoms with Crippen molar-refractivity contribution in [3.63, 3.8) is 0 Å². The van der Waals surface area contributed by atoms with E-state index < -0.39 is 0 Å². The minimum Gasteiger partial charge on any atom is -0.508 e. The molecule has 0 aromatic heterocycles. The van der Waals surface area contributed by atoms with E-state index in [1.54, 1.807) is 6.07 Å². The number of aromatic hydroxyl groups is 1. The molecule has 0 saturated heterocycles. The van der Waals surface area contributed by atoms with Crippen molar-refractivity contribution in [3.05, 3.63) is 23.8 Å². The molecule has 15 heavy (non-hydrogen) atoms. The van der Waals surface area contributed by atoms with E-state index in [4.69, 9.17) is 0 Å². The number of hydrogen-bond donors (Lipinski definition) is 2. The summed E-state index contributed by atoms with van der Waals surface area (Å²) in [6.07, 6.45) is 1.10. The number of hydrogen-bond acceptors (Lipinski definition) is 2. The fraction of sp³-hybridized carbons (Fsp3) is 0.500. The van der Waals surface area contributed by atoms with Crippen molar-refractivity contribution in [2.45, 2.75) is 38.6 Å². The van der Waals surface area contributed by atoms with Crippen LogP contribution >= 0.6 is 17.0 Å². The largest absolute Gasteiger partial charge is 0.508 e. The molecule has 84 valence electrons. The third kappa shape index (κ3) is 2.46. The lowest BCUT2D eigenvalue weighted by Crippen LogP contribution is -2.36. The molecule has 2 nitrogen and oxygen atoms in total. The fourth-order valence-electron chi connectivity index (χ4n) is 2.36. The molecular weight excluding hydrogens is 254 g/mol. The smallest absolute Gasteiger partial charge is 0.116 e. The maximum absolute atomic E-state index is 9.41. The minimum absolute atomic E-state index is 0. The summed E-state index contributed by atoms with van der Waals surface area (Å²) in [4.78, 5) is 0. The van der Waals surface area contributed by atoms with E-state index >= 15 is 0 Å². The molecule has 1 heterocycles. The standard InChI is InChI=1S/C12H17NO.BrH/c1-8-7-12(2,3)13-11-5-4-9(14)6-10(8)11;/h4-6,8,13-14H,7H2,1-3H3;1H. The summed E-state index contributed by atoms with van der Waals surface area (Å²) in [5, 5.41) is 12.9. The van der Waals surface area contributed by atoms with Crippen LogP contribution in [0, 0.1) is 0 Å². The number of halogens is 1. The van der Waals surface area contributed by atoms with Crippen molar-refractivity contribution >= 4 is 22.7 Å². The highest BCUT2D eigenvalue weighted by Gasteiger charge is 2.28. The normalized spacial score (nSPS) is 22.2. The fourth-order valence-corrected chi connectivity index (χ4v) is 2.36. The average molecular weight is 272 g/mol. The van der Waals surface area contributed by atoms with E-state index in [1.807, 2.05) is 12.1 Å². The molecule has 1 aromatic rings. The highest BCUT2D eigenvalue weighted by molar-refractivity contribution is 8.93. The van der Waals surface area contributed by atoms with Crippen LogP contribution in [0.25, 0.3) is 0 Å². The van der Waals surface area contributed by atoms with Gasteiger partial charge in [-0.25, -0.2) is 0 Å². The van der Waals surface area contributed by atoms with Gasteiger partial charge in [-0.3, -0.25) is 0 Å². The summed E-state index contributed by atoms with van der Waals surface area (Å²) in [6.45, 7) is 6.62. The van der Waals surface area contributed by atoms with Gasteiger partial charge < -0.3 is 10.4 Å². The van der Waals surface area contributed by atoms with Crippen LogP contribution in [0.1, 0.15) is 38.7 Å². The SMILES string of the molecule is Br.CC1CC(C)(C)Nc2ccc(O)cc21. The molecule has 1 atom stereocenters. The molecule has 1 aliphatic heterocycles. The first-order valence-electron chi connectivity index (χ1n) is 5.09. The molecule has 2 rings (SSSR count). The van der Waals surface area contributed by atoms with E-state index in [-0.39, 0.29) is 22.5 Å². The van der Waals surface area contributed by atoms with Gasteiger partial charge >= 0.3 is 0 Å². The first-order valence-corrected chi connectivity index (χ1v) is 5.09. The first kappa shape index (κ1) is 12.4. The Labute approximate surface area is 101 Å². The Morgan fingerprint density at radius 3 is 2.73 bits per heavy atom. The average Bonchev–Trinajstić information content (AvgIpc) is 2.05. The molecular formula is C12H18BrNO. The van der Waals surface area contributed by atoms with E-state index in [9.17, 15) is 5.11 Å². The lowest BCUT2D eigenvalue weighted by Gasteiger charge is -2.37. The monoisotopic (exact) mass is 271 g/mol. The Bertz CT molecular complexity index is 363. The number of nitrogens with one attached hydrogen (secondary N) is 1. The number of fused-ring (bicyclic) bond motifs is 1. The van der Waals surface area contributed by atoms with Crippen LogP contribution in [0.4, 0.5) is 5.69 Å². The molecule has 2 N–H and O–H groups in total. The maximum Gasteiger partial charge on any atom is 0.116 e. The Morgan fingerprint density at radius 2 is 2.07 bits per heavy atom. The quantitative estimate of drug-likeness (QED) is 0.706. The van der Waals surface area contributed by atoms with Crippen molar-refractivity contribution in [2.24, 2.45) is 0 Å². The molecule has 0 fully saturated rings. The zero-order chi connectivity index (χ0) is 10.3. The van der Waals surface area contributed by atoms with Gasteiger partial charge in [0.2, 0.25) is 0 Å². The minimum atomic E-state index is 0. The van der Waals surface area contributed by atoms with Crippen LogP contribution < -0.4 is 5.32 Å². The van der Waals surface area contributed by atoms with Crippen molar-refractivity contribution in [1.29, 1.82) is 0 Å². The van der Waals surface area contributed by atoms with Gasteiger partial charge in [0, 0.05) is 11.2 Å². The van der Waals surface area contributed by atoms with E-state index in [1.165, 1.54) is 5.56 Å². The van der Waals surface area contributed by atoms with Gasteiger partial charge in [-0.1, -0.05) is 6.92 Å². The van der Waals surface area contributed by atoms with Gasteiger partial charge in [0.15, 0.2) is 0 Å².